The molecule has 2 aromatic heterocycles. The summed E-state index contributed by atoms with van der Waals surface area (Å²) in [5.41, 5.74) is 0.965. The van der Waals surface area contributed by atoms with Crippen molar-refractivity contribution in [1.29, 1.82) is 0 Å². The van der Waals surface area contributed by atoms with Crippen LogP contribution in [0, 0.1) is 13.8 Å². The van der Waals surface area contributed by atoms with Crippen LogP contribution in [0.25, 0.3) is 0 Å². The van der Waals surface area contributed by atoms with Gasteiger partial charge in [0, 0.05) is 6.20 Å². The Morgan fingerprint density at radius 1 is 1.50 bits per heavy atom. The first-order chi connectivity index (χ1) is 9.29. The van der Waals surface area contributed by atoms with Crippen LogP contribution in [0.15, 0.2) is 17.3 Å². The minimum Gasteiger partial charge on any atom is -0.480 e. The first-order valence-electron chi connectivity index (χ1n) is 5.58. The van der Waals surface area contributed by atoms with E-state index in [0.29, 0.717) is 11.4 Å². The number of anilines is 1. The second-order valence-electron chi connectivity index (χ2n) is 4.19. The van der Waals surface area contributed by atoms with E-state index < -0.39 is 16.0 Å². The van der Waals surface area contributed by atoms with Crippen molar-refractivity contribution in [2.75, 3.05) is 4.72 Å². The van der Waals surface area contributed by atoms with E-state index in [0.717, 1.165) is 4.68 Å². The molecule has 0 aliphatic carbocycles. The van der Waals surface area contributed by atoms with Crippen molar-refractivity contribution in [1.82, 2.24) is 20.0 Å². The summed E-state index contributed by atoms with van der Waals surface area (Å²) < 4.78 is 27.9. The van der Waals surface area contributed by atoms with E-state index >= 15 is 0 Å². The Bertz CT molecular complexity index is 726. The number of carboxylic acid groups (broad SMARTS) is 1. The maximum atomic E-state index is 12.2. The van der Waals surface area contributed by atoms with E-state index in [1.807, 2.05) is 0 Å². The van der Waals surface area contributed by atoms with Crippen LogP contribution < -0.4 is 4.72 Å². The molecule has 0 radical (unpaired) electrons. The summed E-state index contributed by atoms with van der Waals surface area (Å²) in [5, 5.41) is 18.8. The third-order valence-corrected chi connectivity index (χ3v) is 4.16. The lowest BCUT2D eigenvalue weighted by Gasteiger charge is -2.05. The van der Waals surface area contributed by atoms with Crippen molar-refractivity contribution in [3.63, 3.8) is 0 Å². The van der Waals surface area contributed by atoms with E-state index in [2.05, 4.69) is 20.0 Å². The molecule has 0 unspecified atom stereocenters. The largest absolute Gasteiger partial charge is 0.480 e. The predicted octanol–water partition coefficient (Wildman–Crippen LogP) is 0.108. The molecule has 0 amide bonds. The van der Waals surface area contributed by atoms with Gasteiger partial charge < -0.3 is 5.11 Å². The van der Waals surface area contributed by atoms with E-state index in [-0.39, 0.29) is 17.1 Å². The molecule has 10 heteroatoms. The molecule has 0 aromatic carbocycles. The molecule has 108 valence electrons. The van der Waals surface area contributed by atoms with E-state index in [1.165, 1.54) is 12.4 Å². The third-order valence-electron chi connectivity index (χ3n) is 2.51. The van der Waals surface area contributed by atoms with Crippen LogP contribution in [0.5, 0.6) is 0 Å². The first kappa shape index (κ1) is 14.1. The number of nitrogens with zero attached hydrogens (tertiary/aromatic N) is 3. The topological polar surface area (TPSA) is 130 Å². The maximum Gasteiger partial charge on any atom is 0.325 e. The minimum absolute atomic E-state index is 0.0727. The number of aliphatic carboxylic acids is 1. The Hall–Kier alpha value is -2.36. The van der Waals surface area contributed by atoms with Gasteiger partial charge in [0.05, 0.1) is 23.3 Å². The summed E-state index contributed by atoms with van der Waals surface area (Å²) in [4.78, 5) is 10.6. The molecule has 0 aliphatic rings. The van der Waals surface area contributed by atoms with Crippen LogP contribution in [0.4, 0.5) is 5.69 Å². The molecule has 0 spiro atoms. The number of aromatic nitrogens is 4. The normalized spacial score (nSPS) is 11.5. The Morgan fingerprint density at radius 3 is 2.75 bits per heavy atom. The second kappa shape index (κ2) is 4.96. The second-order valence-corrected chi connectivity index (χ2v) is 5.81. The van der Waals surface area contributed by atoms with Crippen molar-refractivity contribution in [3.05, 3.63) is 23.8 Å². The molecule has 3 N–H and O–H groups in total. The Morgan fingerprint density at radius 2 is 2.20 bits per heavy atom. The number of hydrogen-bond acceptors (Lipinski definition) is 5. The lowest BCUT2D eigenvalue weighted by molar-refractivity contribution is -0.137. The number of hydrogen-bond donors (Lipinski definition) is 3. The zero-order chi connectivity index (χ0) is 14.9. The van der Waals surface area contributed by atoms with Crippen LogP contribution in [-0.2, 0) is 21.4 Å². The van der Waals surface area contributed by atoms with Crippen molar-refractivity contribution >= 4 is 21.7 Å². The van der Waals surface area contributed by atoms with E-state index in [4.69, 9.17) is 5.11 Å². The van der Waals surface area contributed by atoms with Crippen LogP contribution in [0.2, 0.25) is 0 Å². The highest BCUT2D eigenvalue weighted by Gasteiger charge is 2.22. The summed E-state index contributed by atoms with van der Waals surface area (Å²) in [6.07, 6.45) is 2.54. The number of carbonyl (C=O) groups is 1. The molecule has 20 heavy (non-hydrogen) atoms. The number of rotatable bonds is 5. The molecule has 2 aromatic rings. The zero-order valence-corrected chi connectivity index (χ0v) is 11.6. The highest BCUT2D eigenvalue weighted by Crippen LogP contribution is 2.20. The molecular formula is C10H13N5O4S. The predicted molar refractivity (Wildman–Crippen MR) is 68.7 cm³/mol. The summed E-state index contributed by atoms with van der Waals surface area (Å²) in [6.45, 7) is 2.83. The standard InChI is InChI=1S/C10H13N5O4S/c1-6-10(7(2)13-12-6)20(18,19)14-8-3-11-15(4-8)5-9(16)17/h3-4,14H,5H2,1-2H3,(H,12,13)(H,16,17). The van der Waals surface area contributed by atoms with Crippen LogP contribution in [0.1, 0.15) is 11.4 Å². The zero-order valence-electron chi connectivity index (χ0n) is 10.8. The maximum absolute atomic E-state index is 12.2. The third kappa shape index (κ3) is 2.79. The van der Waals surface area contributed by atoms with Gasteiger partial charge in [0.15, 0.2) is 0 Å². The molecular weight excluding hydrogens is 286 g/mol. The van der Waals surface area contributed by atoms with Gasteiger partial charge in [-0.15, -0.1) is 0 Å². The van der Waals surface area contributed by atoms with E-state index in [9.17, 15) is 13.2 Å². The SMILES string of the molecule is Cc1n[nH]c(C)c1S(=O)(=O)Nc1cnn(CC(=O)O)c1. The smallest absolute Gasteiger partial charge is 0.325 e. The Balaban J connectivity index is 2.25. The molecule has 0 bridgehead atoms. The van der Waals surface area contributed by atoms with Gasteiger partial charge in [-0.2, -0.15) is 10.2 Å². The fourth-order valence-electron chi connectivity index (χ4n) is 1.78. The van der Waals surface area contributed by atoms with Gasteiger partial charge in [-0.1, -0.05) is 0 Å². The van der Waals surface area contributed by atoms with Crippen LogP contribution in [0.3, 0.4) is 0 Å². The highest BCUT2D eigenvalue weighted by atomic mass is 32.2. The fourth-order valence-corrected chi connectivity index (χ4v) is 3.19. The molecule has 0 saturated heterocycles. The van der Waals surface area contributed by atoms with Crippen molar-refractivity contribution in [2.45, 2.75) is 25.3 Å². The van der Waals surface area contributed by atoms with Crippen molar-refractivity contribution in [3.8, 4) is 0 Å². The number of H-pyrrole nitrogens is 1. The first-order valence-corrected chi connectivity index (χ1v) is 7.06. The summed E-state index contributed by atoms with van der Waals surface area (Å²) in [6, 6.07) is 0. The van der Waals surface area contributed by atoms with E-state index in [1.54, 1.807) is 13.8 Å². The quantitative estimate of drug-likeness (QED) is 0.718. The molecule has 9 nitrogen and oxygen atoms in total. The molecule has 0 saturated carbocycles. The monoisotopic (exact) mass is 299 g/mol. The average Bonchev–Trinajstić information content (AvgIpc) is 2.85. The number of aryl methyl sites for hydroxylation is 2. The van der Waals surface area contributed by atoms with Crippen LogP contribution >= 0.6 is 0 Å². The van der Waals surface area contributed by atoms with Gasteiger partial charge >= 0.3 is 5.97 Å². The molecule has 0 fully saturated rings. The fraction of sp³-hybridized carbons (Fsp3) is 0.300. The summed E-state index contributed by atoms with van der Waals surface area (Å²) >= 11 is 0. The Labute approximate surface area is 114 Å². The summed E-state index contributed by atoms with van der Waals surface area (Å²) in [5.74, 6) is -1.07. The lowest BCUT2D eigenvalue weighted by atomic mass is 10.4. The van der Waals surface area contributed by atoms with Crippen molar-refractivity contribution < 1.29 is 18.3 Å². The molecule has 2 rings (SSSR count). The van der Waals surface area contributed by atoms with Gasteiger partial charge in [-0.05, 0) is 13.8 Å². The molecule has 0 aliphatic heterocycles. The van der Waals surface area contributed by atoms with Gasteiger partial charge in [-0.25, -0.2) is 8.42 Å². The number of nitrogens with one attached hydrogen (secondary N) is 2. The summed E-state index contributed by atoms with van der Waals surface area (Å²) in [7, 11) is -3.79. The van der Waals surface area contributed by atoms with Crippen LogP contribution in [-0.4, -0.2) is 39.5 Å². The molecule has 2 heterocycles. The Kier molecular flexibility index (Phi) is 3.49. The van der Waals surface area contributed by atoms with Crippen molar-refractivity contribution in [2.24, 2.45) is 0 Å². The average molecular weight is 299 g/mol. The van der Waals surface area contributed by atoms with Gasteiger partial charge in [-0.3, -0.25) is 19.3 Å². The number of aromatic amines is 1. The minimum atomic E-state index is -3.79. The lowest BCUT2D eigenvalue weighted by Crippen LogP contribution is -2.14. The molecule has 0 atom stereocenters. The van der Waals surface area contributed by atoms with Gasteiger partial charge in [0.25, 0.3) is 10.0 Å². The van der Waals surface area contributed by atoms with Gasteiger partial charge in [0.1, 0.15) is 11.4 Å². The van der Waals surface area contributed by atoms with Gasteiger partial charge in [0.2, 0.25) is 0 Å². The highest BCUT2D eigenvalue weighted by molar-refractivity contribution is 7.92. The number of sulfonamides is 1. The number of carboxylic acids is 1.